The monoisotopic (exact) mass is 488 g/mol. The van der Waals surface area contributed by atoms with Crippen LogP contribution in [0.15, 0.2) is 11.1 Å². The van der Waals surface area contributed by atoms with Gasteiger partial charge in [-0.1, -0.05) is 59.6 Å². The Balaban J connectivity index is 1.57. The third-order valence-electron chi connectivity index (χ3n) is 12.5. The van der Waals surface area contributed by atoms with Crippen molar-refractivity contribution in [3.8, 4) is 0 Å². The summed E-state index contributed by atoms with van der Waals surface area (Å²) < 4.78 is 4.88. The van der Waals surface area contributed by atoms with E-state index in [0.29, 0.717) is 24.7 Å². The molecule has 0 aromatic carbocycles. The average Bonchev–Trinajstić information content (AvgIpc) is 3.10. The lowest BCUT2D eigenvalue weighted by Crippen LogP contribution is -2.55. The van der Waals surface area contributed by atoms with E-state index >= 15 is 0 Å². The predicted octanol–water partition coefficient (Wildman–Crippen LogP) is 6.68. The molecule has 0 bridgehead atoms. The van der Waals surface area contributed by atoms with Crippen LogP contribution in [0.4, 0.5) is 0 Å². The van der Waals surface area contributed by atoms with Crippen LogP contribution in [0.2, 0.25) is 0 Å². The highest BCUT2D eigenvalue weighted by Crippen LogP contribution is 2.72. The second-order valence-corrected chi connectivity index (χ2v) is 14.2. The number of allylic oxidation sites excluding steroid dienone is 2. The fraction of sp³-hybridized carbons (Fsp3) is 0.903. The summed E-state index contributed by atoms with van der Waals surface area (Å²) in [6, 6.07) is 0. The molecule has 0 saturated heterocycles. The van der Waals surface area contributed by atoms with E-state index in [2.05, 4.69) is 41.5 Å². The molecule has 200 valence electrons. The summed E-state index contributed by atoms with van der Waals surface area (Å²) in [5, 5.41) is 22.0. The number of hydrogen-bond donors (Lipinski definition) is 2. The molecule has 0 amide bonds. The molecule has 4 heteroatoms. The molecule has 0 unspecified atom stereocenters. The minimum atomic E-state index is -0.379. The molecule has 4 nitrogen and oxygen atoms in total. The first-order valence-electron chi connectivity index (χ1n) is 14.4. The molecule has 0 aliphatic heterocycles. The summed E-state index contributed by atoms with van der Waals surface area (Å²) in [4.78, 5) is 11.8. The van der Waals surface area contributed by atoms with Crippen molar-refractivity contribution in [2.24, 2.45) is 45.3 Å². The maximum Gasteiger partial charge on any atom is 0.308 e. The van der Waals surface area contributed by atoms with Gasteiger partial charge in [0.15, 0.2) is 0 Å². The van der Waals surface area contributed by atoms with Crippen LogP contribution in [0, 0.1) is 45.3 Å². The van der Waals surface area contributed by atoms with Gasteiger partial charge in [-0.05, 0) is 104 Å². The van der Waals surface area contributed by atoms with E-state index in [-0.39, 0.29) is 51.7 Å². The van der Waals surface area contributed by atoms with Crippen LogP contribution in [0.3, 0.4) is 0 Å². The molecule has 2 N–H and O–H groups in total. The molecular weight excluding hydrogens is 436 g/mol. The van der Waals surface area contributed by atoms with Crippen LogP contribution in [0.25, 0.3) is 0 Å². The zero-order valence-corrected chi connectivity index (χ0v) is 23.7. The lowest BCUT2D eigenvalue weighted by atomic mass is 9.43. The Hall–Kier alpha value is -0.870. The first kappa shape index (κ1) is 27.2. The SMILES string of the molecule is COC(=O)[C@H](C)CC[C@H](O)[C@@H](C)[C@H]1CC[C@@]2(C)C3=C(CC[C@]12C)[C@@]1(C)CC[C@@H](O)C(C)(C)[C@@H]1CC3. The molecule has 4 aliphatic rings. The number of hydrogen-bond acceptors (Lipinski definition) is 4. The van der Waals surface area contributed by atoms with E-state index in [1.807, 2.05) is 6.92 Å². The summed E-state index contributed by atoms with van der Waals surface area (Å²) in [7, 11) is 1.44. The van der Waals surface area contributed by atoms with Gasteiger partial charge in [-0.2, -0.15) is 0 Å². The Kier molecular flexibility index (Phi) is 7.11. The maximum atomic E-state index is 11.8. The Morgan fingerprint density at radius 1 is 0.971 bits per heavy atom. The van der Waals surface area contributed by atoms with Gasteiger partial charge in [0.1, 0.15) is 0 Å². The van der Waals surface area contributed by atoms with Gasteiger partial charge in [-0.3, -0.25) is 4.79 Å². The molecule has 0 aromatic rings. The Morgan fingerprint density at radius 3 is 2.31 bits per heavy atom. The van der Waals surface area contributed by atoms with Gasteiger partial charge in [-0.15, -0.1) is 0 Å². The highest BCUT2D eigenvalue weighted by atomic mass is 16.5. The number of aliphatic hydroxyl groups excluding tert-OH is 2. The molecule has 0 aromatic heterocycles. The van der Waals surface area contributed by atoms with Crippen LogP contribution in [-0.4, -0.2) is 35.5 Å². The second kappa shape index (κ2) is 9.15. The fourth-order valence-corrected chi connectivity index (χ4v) is 9.83. The van der Waals surface area contributed by atoms with Gasteiger partial charge in [0.05, 0.1) is 25.2 Å². The molecule has 9 atom stereocenters. The van der Waals surface area contributed by atoms with E-state index in [0.717, 1.165) is 12.8 Å². The number of methoxy groups -OCH3 is 1. The van der Waals surface area contributed by atoms with Crippen molar-refractivity contribution in [3.63, 3.8) is 0 Å². The van der Waals surface area contributed by atoms with E-state index in [1.165, 1.54) is 45.6 Å². The summed E-state index contributed by atoms with van der Waals surface area (Å²) >= 11 is 0. The van der Waals surface area contributed by atoms with E-state index in [4.69, 9.17) is 4.74 Å². The summed E-state index contributed by atoms with van der Waals surface area (Å²) in [5.41, 5.74) is 4.09. The maximum absolute atomic E-state index is 11.8. The van der Waals surface area contributed by atoms with Crippen molar-refractivity contribution in [3.05, 3.63) is 11.1 Å². The number of carbonyl (C=O) groups excluding carboxylic acids is 1. The predicted molar refractivity (Wildman–Crippen MR) is 141 cm³/mol. The number of rotatable bonds is 6. The zero-order chi connectivity index (χ0) is 26.0. The number of ether oxygens (including phenoxy) is 1. The van der Waals surface area contributed by atoms with Crippen molar-refractivity contribution < 1.29 is 19.7 Å². The van der Waals surface area contributed by atoms with Crippen LogP contribution < -0.4 is 0 Å². The van der Waals surface area contributed by atoms with Gasteiger partial charge in [0.25, 0.3) is 0 Å². The number of aliphatic hydroxyl groups is 2. The second-order valence-electron chi connectivity index (χ2n) is 14.2. The zero-order valence-electron chi connectivity index (χ0n) is 23.7. The average molecular weight is 489 g/mol. The first-order chi connectivity index (χ1) is 16.2. The van der Waals surface area contributed by atoms with Gasteiger partial charge in [-0.25, -0.2) is 0 Å². The summed E-state index contributed by atoms with van der Waals surface area (Å²) in [6.07, 6.45) is 9.95. The Labute approximate surface area is 214 Å². The molecular formula is C31H52O4. The van der Waals surface area contributed by atoms with Crippen molar-refractivity contribution in [1.29, 1.82) is 0 Å². The van der Waals surface area contributed by atoms with Gasteiger partial charge >= 0.3 is 5.97 Å². The molecule has 4 rings (SSSR count). The van der Waals surface area contributed by atoms with E-state index in [1.54, 1.807) is 11.1 Å². The number of fused-ring (bicyclic) bond motifs is 4. The topological polar surface area (TPSA) is 66.8 Å². The summed E-state index contributed by atoms with van der Waals surface area (Å²) in [5.74, 6) is 0.937. The first-order valence-corrected chi connectivity index (χ1v) is 14.4. The molecule has 2 fully saturated rings. The Bertz CT molecular complexity index is 860. The minimum Gasteiger partial charge on any atom is -0.469 e. The molecule has 4 aliphatic carbocycles. The lowest BCUT2D eigenvalue weighted by Gasteiger charge is -2.62. The fourth-order valence-electron chi connectivity index (χ4n) is 9.83. The van der Waals surface area contributed by atoms with Crippen LogP contribution in [0.5, 0.6) is 0 Å². The van der Waals surface area contributed by atoms with Gasteiger partial charge in [0.2, 0.25) is 0 Å². The molecule has 0 heterocycles. The largest absolute Gasteiger partial charge is 0.469 e. The van der Waals surface area contributed by atoms with Crippen molar-refractivity contribution in [2.45, 2.75) is 125 Å². The normalized spacial score (nSPS) is 43.0. The molecule has 0 radical (unpaired) electrons. The third-order valence-corrected chi connectivity index (χ3v) is 12.5. The highest BCUT2D eigenvalue weighted by Gasteiger charge is 2.63. The van der Waals surface area contributed by atoms with Crippen LogP contribution in [-0.2, 0) is 9.53 Å². The van der Waals surface area contributed by atoms with E-state index < -0.39 is 0 Å². The van der Waals surface area contributed by atoms with Crippen molar-refractivity contribution in [1.82, 2.24) is 0 Å². The lowest BCUT2D eigenvalue weighted by molar-refractivity contribution is -0.145. The number of esters is 1. The minimum absolute atomic E-state index is 0.0225. The smallest absolute Gasteiger partial charge is 0.308 e. The van der Waals surface area contributed by atoms with Crippen LogP contribution in [0.1, 0.15) is 113 Å². The molecule has 35 heavy (non-hydrogen) atoms. The molecule has 0 spiro atoms. The number of carbonyl (C=O) groups is 1. The van der Waals surface area contributed by atoms with Crippen molar-refractivity contribution >= 4 is 5.97 Å². The third kappa shape index (κ3) is 3.95. The van der Waals surface area contributed by atoms with E-state index in [9.17, 15) is 15.0 Å². The highest BCUT2D eigenvalue weighted by molar-refractivity contribution is 5.71. The Morgan fingerprint density at radius 2 is 1.66 bits per heavy atom. The van der Waals surface area contributed by atoms with Gasteiger partial charge < -0.3 is 14.9 Å². The quantitative estimate of drug-likeness (QED) is 0.323. The summed E-state index contributed by atoms with van der Waals surface area (Å²) in [6.45, 7) is 16.3. The molecule has 2 saturated carbocycles. The van der Waals surface area contributed by atoms with Crippen molar-refractivity contribution in [2.75, 3.05) is 7.11 Å². The van der Waals surface area contributed by atoms with Gasteiger partial charge in [0, 0.05) is 0 Å². The van der Waals surface area contributed by atoms with Crippen LogP contribution >= 0.6 is 0 Å². The standard InChI is InChI=1S/C31H52O4/c1-19(27(34)35-8)9-11-24(32)20(2)21-13-17-31(7)23-10-12-25-28(3,4)26(33)15-16-29(25,5)22(23)14-18-30(21,31)6/h19-21,24-26,32-33H,9-18H2,1-8H3/t19-,20+,21-,24+,25+,26-,29-,30-,31+/m1/s1.